The molecule has 1 aliphatic carbocycles. The molecule has 3 aromatic rings. The third kappa shape index (κ3) is 4.37. The normalized spacial score (nSPS) is 15.6. The molecule has 2 heterocycles. The van der Waals surface area contributed by atoms with E-state index in [1.165, 1.54) is 12.5 Å². The van der Waals surface area contributed by atoms with Gasteiger partial charge in [0.05, 0.1) is 0 Å². The summed E-state index contributed by atoms with van der Waals surface area (Å²) in [5.74, 6) is 0.476. The van der Waals surface area contributed by atoms with Crippen molar-refractivity contribution in [2.45, 2.75) is 58.5 Å². The molecule has 10 heteroatoms. The van der Waals surface area contributed by atoms with Gasteiger partial charge in [0.1, 0.15) is 17.2 Å². The van der Waals surface area contributed by atoms with Gasteiger partial charge in [-0.2, -0.15) is 0 Å². The van der Waals surface area contributed by atoms with Crippen molar-refractivity contribution >= 4 is 28.9 Å². The highest BCUT2D eigenvalue weighted by Gasteiger charge is 2.28. The molecule has 9 nitrogen and oxygen atoms in total. The molecule has 33 heavy (non-hydrogen) atoms. The molecule has 2 atom stereocenters. The van der Waals surface area contributed by atoms with E-state index in [2.05, 4.69) is 22.2 Å². The SMILES string of the molecule is CCn1c(C(C)c2ccccc2F)nc2nc(C(=N)NC(=O)O)nc(N[C@H](C)C3CCC3)c21. The molecule has 1 unspecified atom stereocenters. The number of nitrogens with zero attached hydrogens (tertiary/aromatic N) is 4. The first-order valence-corrected chi connectivity index (χ1v) is 11.2. The summed E-state index contributed by atoms with van der Waals surface area (Å²) in [7, 11) is 0. The number of halogens is 1. The second-order valence-corrected chi connectivity index (χ2v) is 8.45. The van der Waals surface area contributed by atoms with Crippen molar-refractivity contribution in [2.24, 2.45) is 5.92 Å². The highest BCUT2D eigenvalue weighted by Crippen LogP contribution is 2.34. The summed E-state index contributed by atoms with van der Waals surface area (Å²) in [4.78, 5) is 24.6. The van der Waals surface area contributed by atoms with Crippen LogP contribution in [0.1, 0.15) is 63.2 Å². The van der Waals surface area contributed by atoms with E-state index in [-0.39, 0.29) is 23.6 Å². The monoisotopic (exact) mass is 453 g/mol. The lowest BCUT2D eigenvalue weighted by molar-refractivity contribution is 0.200. The smallest absolute Gasteiger partial charge is 0.410 e. The standard InChI is InChI=1S/C23H28FN7O2/c1-4-31-17-19(26-13(3)14-8-7-9-14)28-21(18(25)27-23(32)33)29-20(17)30-22(31)12(2)15-10-5-6-11-16(15)24/h5-6,10-14H,4,7-9H2,1-3H3,(H2,25,27)(H,32,33)(H,26,28,29)/t12?,13-/m1/s1. The molecule has 174 valence electrons. The number of hydrogen-bond donors (Lipinski definition) is 4. The first kappa shape index (κ1) is 22.6. The molecule has 0 radical (unpaired) electrons. The maximum Gasteiger partial charge on any atom is 0.410 e. The molecule has 2 aromatic heterocycles. The second kappa shape index (κ2) is 9.13. The van der Waals surface area contributed by atoms with Crippen LogP contribution in [0.4, 0.5) is 15.0 Å². The minimum Gasteiger partial charge on any atom is -0.465 e. The van der Waals surface area contributed by atoms with Gasteiger partial charge in [-0.1, -0.05) is 31.5 Å². The van der Waals surface area contributed by atoms with Crippen molar-refractivity contribution in [3.05, 3.63) is 47.3 Å². The summed E-state index contributed by atoms with van der Waals surface area (Å²) >= 11 is 0. The first-order valence-electron chi connectivity index (χ1n) is 11.2. The highest BCUT2D eigenvalue weighted by atomic mass is 19.1. The van der Waals surface area contributed by atoms with E-state index in [4.69, 9.17) is 15.5 Å². The zero-order valence-corrected chi connectivity index (χ0v) is 18.9. The van der Waals surface area contributed by atoms with Crippen LogP contribution in [0.25, 0.3) is 11.2 Å². The van der Waals surface area contributed by atoms with Crippen LogP contribution in [0.2, 0.25) is 0 Å². The third-order valence-electron chi connectivity index (χ3n) is 6.38. The van der Waals surface area contributed by atoms with Gasteiger partial charge >= 0.3 is 6.09 Å². The van der Waals surface area contributed by atoms with Gasteiger partial charge in [0, 0.05) is 18.5 Å². The van der Waals surface area contributed by atoms with Crippen LogP contribution in [0.5, 0.6) is 0 Å². The zero-order chi connectivity index (χ0) is 23.7. The molecule has 4 rings (SSSR count). The van der Waals surface area contributed by atoms with Gasteiger partial charge in [0.25, 0.3) is 0 Å². The number of carboxylic acid groups (broad SMARTS) is 1. The number of carbonyl (C=O) groups is 1. The van der Waals surface area contributed by atoms with Gasteiger partial charge in [-0.15, -0.1) is 0 Å². The van der Waals surface area contributed by atoms with Crippen molar-refractivity contribution in [1.29, 1.82) is 5.41 Å². The second-order valence-electron chi connectivity index (χ2n) is 8.45. The number of imidazole rings is 1. The zero-order valence-electron chi connectivity index (χ0n) is 18.9. The highest BCUT2D eigenvalue weighted by molar-refractivity contribution is 6.03. The van der Waals surface area contributed by atoms with E-state index in [0.29, 0.717) is 40.8 Å². The van der Waals surface area contributed by atoms with Crippen molar-refractivity contribution in [3.63, 3.8) is 0 Å². The molecule has 1 amide bonds. The summed E-state index contributed by atoms with van der Waals surface area (Å²) in [5.41, 5.74) is 1.52. The molecule has 1 aromatic carbocycles. The lowest BCUT2D eigenvalue weighted by Crippen LogP contribution is -2.33. The van der Waals surface area contributed by atoms with Crippen LogP contribution >= 0.6 is 0 Å². The number of fused-ring (bicyclic) bond motifs is 1. The number of aromatic nitrogens is 4. The Bertz CT molecular complexity index is 1200. The fourth-order valence-electron chi connectivity index (χ4n) is 4.32. The van der Waals surface area contributed by atoms with Crippen molar-refractivity contribution in [3.8, 4) is 0 Å². The van der Waals surface area contributed by atoms with E-state index < -0.39 is 11.9 Å². The molecule has 0 spiro atoms. The Balaban J connectivity index is 1.85. The average molecular weight is 454 g/mol. The minimum atomic E-state index is -1.37. The summed E-state index contributed by atoms with van der Waals surface area (Å²) in [6.45, 7) is 6.51. The largest absolute Gasteiger partial charge is 0.465 e. The predicted octanol–water partition coefficient (Wildman–Crippen LogP) is 4.33. The number of hydrogen-bond acceptors (Lipinski definition) is 6. The Morgan fingerprint density at radius 2 is 2.00 bits per heavy atom. The fourth-order valence-corrected chi connectivity index (χ4v) is 4.32. The molecular weight excluding hydrogens is 425 g/mol. The quantitative estimate of drug-likeness (QED) is 0.311. The van der Waals surface area contributed by atoms with Crippen LogP contribution < -0.4 is 10.6 Å². The molecule has 1 aliphatic rings. The van der Waals surface area contributed by atoms with E-state index in [1.54, 1.807) is 18.2 Å². The van der Waals surface area contributed by atoms with Crippen LogP contribution in [0.3, 0.4) is 0 Å². The topological polar surface area (TPSA) is 129 Å². The van der Waals surface area contributed by atoms with Crippen molar-refractivity contribution in [2.75, 3.05) is 5.32 Å². The molecule has 1 saturated carbocycles. The van der Waals surface area contributed by atoms with Gasteiger partial charge in [-0.25, -0.2) is 24.1 Å². The van der Waals surface area contributed by atoms with Gasteiger partial charge in [-0.3, -0.25) is 10.7 Å². The first-order chi connectivity index (χ1) is 15.8. The van der Waals surface area contributed by atoms with Crippen LogP contribution in [0, 0.1) is 17.1 Å². The van der Waals surface area contributed by atoms with Gasteiger partial charge in [0.2, 0.25) is 0 Å². The average Bonchev–Trinajstić information content (AvgIpc) is 3.10. The van der Waals surface area contributed by atoms with Gasteiger partial charge < -0.3 is 15.0 Å². The number of amides is 1. The van der Waals surface area contributed by atoms with Gasteiger partial charge in [0.15, 0.2) is 23.1 Å². The molecule has 0 bridgehead atoms. The van der Waals surface area contributed by atoms with E-state index in [1.807, 2.05) is 23.7 Å². The maximum absolute atomic E-state index is 14.5. The lowest BCUT2D eigenvalue weighted by atomic mass is 9.80. The predicted molar refractivity (Wildman–Crippen MR) is 123 cm³/mol. The van der Waals surface area contributed by atoms with Crippen LogP contribution in [-0.2, 0) is 6.54 Å². The number of benzene rings is 1. The van der Waals surface area contributed by atoms with Gasteiger partial charge in [-0.05, 0) is 44.2 Å². The molecule has 0 saturated heterocycles. The summed E-state index contributed by atoms with van der Waals surface area (Å²) in [5, 5.41) is 22.5. The number of anilines is 1. The minimum absolute atomic E-state index is 0.0703. The Morgan fingerprint density at radius 1 is 1.27 bits per heavy atom. The number of amidine groups is 1. The summed E-state index contributed by atoms with van der Waals surface area (Å²) in [6, 6.07) is 6.74. The molecule has 4 N–H and O–H groups in total. The van der Waals surface area contributed by atoms with Crippen molar-refractivity contribution in [1.82, 2.24) is 24.8 Å². The van der Waals surface area contributed by atoms with E-state index in [0.717, 1.165) is 12.8 Å². The Kier molecular flexibility index (Phi) is 6.26. The Morgan fingerprint density at radius 3 is 2.61 bits per heavy atom. The number of nitrogens with one attached hydrogen (secondary N) is 3. The van der Waals surface area contributed by atoms with Crippen LogP contribution in [0.15, 0.2) is 24.3 Å². The fraction of sp³-hybridized carbons (Fsp3) is 0.435. The molecular formula is C23H28FN7O2. The third-order valence-corrected chi connectivity index (χ3v) is 6.38. The summed E-state index contributed by atoms with van der Waals surface area (Å²) in [6.07, 6.45) is 2.10. The Labute approximate surface area is 191 Å². The maximum atomic E-state index is 14.5. The Hall–Kier alpha value is -3.56. The summed E-state index contributed by atoms with van der Waals surface area (Å²) < 4.78 is 16.5. The molecule has 0 aliphatic heterocycles. The lowest BCUT2D eigenvalue weighted by Gasteiger charge is -2.32. The van der Waals surface area contributed by atoms with Crippen molar-refractivity contribution < 1.29 is 14.3 Å². The molecule has 1 fully saturated rings. The number of rotatable bonds is 7. The number of aryl methyl sites for hydroxylation is 1. The van der Waals surface area contributed by atoms with E-state index in [9.17, 15) is 9.18 Å². The van der Waals surface area contributed by atoms with E-state index >= 15 is 0 Å². The van der Waals surface area contributed by atoms with Crippen LogP contribution in [-0.4, -0.2) is 42.6 Å².